The third kappa shape index (κ3) is 4.61. The van der Waals surface area contributed by atoms with Crippen molar-refractivity contribution in [2.45, 2.75) is 11.3 Å². The van der Waals surface area contributed by atoms with Gasteiger partial charge in [-0.25, -0.2) is 13.1 Å². The van der Waals surface area contributed by atoms with Gasteiger partial charge in [0.2, 0.25) is 10.0 Å². The number of sulfonamides is 1. The number of hydrogen-bond donors (Lipinski definition) is 2. The van der Waals surface area contributed by atoms with Crippen LogP contribution < -0.4 is 15.2 Å². The first-order valence-electron chi connectivity index (χ1n) is 6.50. The maximum atomic E-state index is 12.1. The number of primary amides is 1. The number of ether oxygens (including phenoxy) is 1. The van der Waals surface area contributed by atoms with Crippen molar-refractivity contribution in [1.82, 2.24) is 4.72 Å². The van der Waals surface area contributed by atoms with Gasteiger partial charge >= 0.3 is 0 Å². The lowest BCUT2D eigenvalue weighted by Gasteiger charge is -2.07. The standard InChI is InChI=1S/C14H16N2O5S/c15-14(17)10-21-12-3-5-13(6-4-12)22(18,19)16-8-7-11-2-1-9-20-11/h1-6,9,16H,7-8,10H2,(H2,15,17). The molecule has 1 aromatic carbocycles. The van der Waals surface area contributed by atoms with Gasteiger partial charge in [0, 0.05) is 13.0 Å². The highest BCUT2D eigenvalue weighted by Gasteiger charge is 2.13. The molecule has 2 aromatic rings. The van der Waals surface area contributed by atoms with Crippen LogP contribution in [0.1, 0.15) is 5.76 Å². The van der Waals surface area contributed by atoms with Crippen LogP contribution in [0, 0.1) is 0 Å². The van der Waals surface area contributed by atoms with E-state index in [0.717, 1.165) is 0 Å². The second kappa shape index (κ2) is 7.10. The highest BCUT2D eigenvalue weighted by atomic mass is 32.2. The summed E-state index contributed by atoms with van der Waals surface area (Å²) in [5, 5.41) is 0. The minimum Gasteiger partial charge on any atom is -0.484 e. The van der Waals surface area contributed by atoms with Crippen LogP contribution in [0.5, 0.6) is 5.75 Å². The van der Waals surface area contributed by atoms with Gasteiger partial charge in [0.25, 0.3) is 5.91 Å². The summed E-state index contributed by atoms with van der Waals surface area (Å²) in [5.74, 6) is 0.475. The lowest BCUT2D eigenvalue weighted by molar-refractivity contribution is -0.119. The van der Waals surface area contributed by atoms with Crippen molar-refractivity contribution in [3.63, 3.8) is 0 Å². The first-order valence-corrected chi connectivity index (χ1v) is 7.99. The van der Waals surface area contributed by atoms with E-state index in [4.69, 9.17) is 14.9 Å². The molecule has 0 saturated heterocycles. The molecule has 0 fully saturated rings. The van der Waals surface area contributed by atoms with Crippen molar-refractivity contribution in [1.29, 1.82) is 0 Å². The zero-order chi connectivity index (χ0) is 16.0. The van der Waals surface area contributed by atoms with Gasteiger partial charge in [-0.15, -0.1) is 0 Å². The first-order chi connectivity index (χ1) is 10.5. The molecule has 7 nitrogen and oxygen atoms in total. The number of furan rings is 1. The van der Waals surface area contributed by atoms with E-state index in [1.807, 2.05) is 0 Å². The molecule has 0 unspecified atom stereocenters. The van der Waals surface area contributed by atoms with Gasteiger partial charge in [0.1, 0.15) is 11.5 Å². The lowest BCUT2D eigenvalue weighted by Crippen LogP contribution is -2.25. The molecule has 0 saturated carbocycles. The number of carbonyl (C=O) groups excluding carboxylic acids is 1. The molecule has 0 bridgehead atoms. The van der Waals surface area contributed by atoms with Crippen molar-refractivity contribution >= 4 is 15.9 Å². The van der Waals surface area contributed by atoms with Gasteiger partial charge in [0.15, 0.2) is 6.61 Å². The van der Waals surface area contributed by atoms with Gasteiger partial charge in [-0.2, -0.15) is 0 Å². The third-order valence-corrected chi connectivity index (χ3v) is 4.24. The fourth-order valence-electron chi connectivity index (χ4n) is 1.72. The van der Waals surface area contributed by atoms with E-state index in [-0.39, 0.29) is 18.0 Å². The molecule has 0 atom stereocenters. The molecule has 22 heavy (non-hydrogen) atoms. The Morgan fingerprint density at radius 2 is 1.95 bits per heavy atom. The van der Waals surface area contributed by atoms with Crippen LogP contribution in [-0.2, 0) is 21.2 Å². The Labute approximate surface area is 128 Å². The topological polar surface area (TPSA) is 112 Å². The van der Waals surface area contributed by atoms with Gasteiger partial charge < -0.3 is 14.9 Å². The fourth-order valence-corrected chi connectivity index (χ4v) is 2.75. The summed E-state index contributed by atoms with van der Waals surface area (Å²) in [6, 6.07) is 9.24. The molecule has 0 spiro atoms. The number of carbonyl (C=O) groups is 1. The second-order valence-electron chi connectivity index (χ2n) is 4.45. The summed E-state index contributed by atoms with van der Waals surface area (Å²) < 4.78 is 36.8. The summed E-state index contributed by atoms with van der Waals surface area (Å²) in [7, 11) is -3.60. The van der Waals surface area contributed by atoms with Crippen LogP contribution in [0.2, 0.25) is 0 Å². The number of amides is 1. The minimum atomic E-state index is -3.60. The highest BCUT2D eigenvalue weighted by Crippen LogP contribution is 2.15. The van der Waals surface area contributed by atoms with Crippen molar-refractivity contribution in [2.24, 2.45) is 5.73 Å². The number of rotatable bonds is 8. The average Bonchev–Trinajstić information content (AvgIpc) is 2.98. The Hall–Kier alpha value is -2.32. The number of nitrogens with one attached hydrogen (secondary N) is 1. The molecular weight excluding hydrogens is 308 g/mol. The minimum absolute atomic E-state index is 0.110. The van der Waals surface area contributed by atoms with Crippen molar-refractivity contribution in [3.05, 3.63) is 48.4 Å². The van der Waals surface area contributed by atoms with Crippen LogP contribution in [0.3, 0.4) is 0 Å². The van der Waals surface area contributed by atoms with Gasteiger partial charge in [-0.3, -0.25) is 4.79 Å². The molecule has 1 heterocycles. The highest BCUT2D eigenvalue weighted by molar-refractivity contribution is 7.89. The van der Waals surface area contributed by atoms with Crippen LogP contribution in [-0.4, -0.2) is 27.5 Å². The maximum absolute atomic E-state index is 12.1. The van der Waals surface area contributed by atoms with E-state index in [0.29, 0.717) is 17.9 Å². The Morgan fingerprint density at radius 3 is 2.55 bits per heavy atom. The van der Waals surface area contributed by atoms with Crippen molar-refractivity contribution in [2.75, 3.05) is 13.2 Å². The van der Waals surface area contributed by atoms with Crippen LogP contribution in [0.25, 0.3) is 0 Å². The SMILES string of the molecule is NC(=O)COc1ccc(S(=O)(=O)NCCc2ccco2)cc1. The molecule has 1 amide bonds. The predicted octanol–water partition coefficient (Wildman–Crippen LogP) is 0.665. The fraction of sp³-hybridized carbons (Fsp3) is 0.214. The maximum Gasteiger partial charge on any atom is 0.255 e. The normalized spacial score (nSPS) is 11.3. The molecule has 0 radical (unpaired) electrons. The molecule has 1 aromatic heterocycles. The van der Waals surface area contributed by atoms with E-state index < -0.39 is 15.9 Å². The van der Waals surface area contributed by atoms with Crippen LogP contribution in [0.15, 0.2) is 52.0 Å². The summed E-state index contributed by atoms with van der Waals surface area (Å²) >= 11 is 0. The molecule has 3 N–H and O–H groups in total. The van der Waals surface area contributed by atoms with E-state index in [1.165, 1.54) is 30.5 Å². The van der Waals surface area contributed by atoms with E-state index >= 15 is 0 Å². The number of nitrogens with two attached hydrogens (primary N) is 1. The molecule has 2 rings (SSSR count). The molecule has 118 valence electrons. The summed E-state index contributed by atoms with van der Waals surface area (Å²) in [5.41, 5.74) is 4.96. The van der Waals surface area contributed by atoms with E-state index in [9.17, 15) is 13.2 Å². The molecule has 0 aliphatic rings. The smallest absolute Gasteiger partial charge is 0.255 e. The van der Waals surface area contributed by atoms with E-state index in [1.54, 1.807) is 12.1 Å². The van der Waals surface area contributed by atoms with Gasteiger partial charge in [0.05, 0.1) is 11.2 Å². The monoisotopic (exact) mass is 324 g/mol. The van der Waals surface area contributed by atoms with Crippen LogP contribution in [0.4, 0.5) is 0 Å². The largest absolute Gasteiger partial charge is 0.484 e. The summed E-state index contributed by atoms with van der Waals surface area (Å²) in [6.45, 7) is -0.0245. The Morgan fingerprint density at radius 1 is 1.23 bits per heavy atom. The molecular formula is C14H16N2O5S. The average molecular weight is 324 g/mol. The van der Waals surface area contributed by atoms with Gasteiger partial charge in [-0.1, -0.05) is 0 Å². The Balaban J connectivity index is 1.92. The van der Waals surface area contributed by atoms with Gasteiger partial charge in [-0.05, 0) is 36.4 Å². The molecule has 0 aliphatic heterocycles. The number of benzene rings is 1. The zero-order valence-electron chi connectivity index (χ0n) is 11.7. The lowest BCUT2D eigenvalue weighted by atomic mass is 10.3. The van der Waals surface area contributed by atoms with Crippen molar-refractivity contribution in [3.8, 4) is 5.75 Å². The predicted molar refractivity (Wildman–Crippen MR) is 78.7 cm³/mol. The summed E-state index contributed by atoms with van der Waals surface area (Å²) in [4.78, 5) is 10.7. The Bertz CT molecular complexity index is 708. The van der Waals surface area contributed by atoms with Crippen LogP contribution >= 0.6 is 0 Å². The summed E-state index contributed by atoms with van der Waals surface area (Å²) in [6.07, 6.45) is 2.00. The van der Waals surface area contributed by atoms with Crippen molar-refractivity contribution < 1.29 is 22.4 Å². The van der Waals surface area contributed by atoms with E-state index in [2.05, 4.69) is 4.72 Å². The molecule has 0 aliphatic carbocycles. The quantitative estimate of drug-likeness (QED) is 0.741. The third-order valence-electron chi connectivity index (χ3n) is 2.76. The number of hydrogen-bond acceptors (Lipinski definition) is 5. The Kier molecular flexibility index (Phi) is 5.18. The molecule has 8 heteroatoms. The zero-order valence-corrected chi connectivity index (χ0v) is 12.5. The second-order valence-corrected chi connectivity index (χ2v) is 6.22. The first kappa shape index (κ1) is 16.1.